The summed E-state index contributed by atoms with van der Waals surface area (Å²) in [6.45, 7) is 3.85. The van der Waals surface area contributed by atoms with Gasteiger partial charge in [0.2, 0.25) is 11.8 Å². The van der Waals surface area contributed by atoms with Crippen LogP contribution in [-0.4, -0.2) is 54.5 Å². The summed E-state index contributed by atoms with van der Waals surface area (Å²) in [5.74, 6) is -0.0884. The summed E-state index contributed by atoms with van der Waals surface area (Å²) < 4.78 is 0. The lowest BCUT2D eigenvalue weighted by molar-refractivity contribution is -0.140. The number of imide groups is 1. The summed E-state index contributed by atoms with van der Waals surface area (Å²) in [6, 6.07) is 7.83. The third-order valence-corrected chi connectivity index (χ3v) is 4.28. The zero-order valence-corrected chi connectivity index (χ0v) is 12.6. The number of carbonyl (C=O) groups is 2. The van der Waals surface area contributed by atoms with Crippen molar-refractivity contribution in [3.63, 3.8) is 0 Å². The molecule has 0 aliphatic carbocycles. The van der Waals surface area contributed by atoms with E-state index in [1.165, 1.54) is 4.90 Å². The Morgan fingerprint density at radius 2 is 1.67 bits per heavy atom. The minimum absolute atomic E-state index is 0.0442. The van der Waals surface area contributed by atoms with Crippen molar-refractivity contribution in [1.29, 1.82) is 0 Å². The molecular formula is C15H18ClN3O2. The maximum Gasteiger partial charge on any atom is 0.230 e. The largest absolute Gasteiger partial charge is 0.369 e. The smallest absolute Gasteiger partial charge is 0.230 e. The zero-order chi connectivity index (χ0) is 14.8. The van der Waals surface area contributed by atoms with Gasteiger partial charge in [-0.1, -0.05) is 17.7 Å². The van der Waals surface area contributed by atoms with Gasteiger partial charge in [-0.2, -0.15) is 0 Å². The molecule has 0 atom stereocenters. The molecule has 3 rings (SSSR count). The van der Waals surface area contributed by atoms with E-state index in [-0.39, 0.29) is 11.8 Å². The Morgan fingerprint density at radius 3 is 2.29 bits per heavy atom. The monoisotopic (exact) mass is 307 g/mol. The van der Waals surface area contributed by atoms with Gasteiger partial charge in [-0.05, 0) is 18.2 Å². The predicted octanol–water partition coefficient (Wildman–Crippen LogP) is 1.57. The van der Waals surface area contributed by atoms with Crippen LogP contribution in [0.2, 0.25) is 5.02 Å². The molecule has 112 valence electrons. The zero-order valence-electron chi connectivity index (χ0n) is 11.8. The van der Waals surface area contributed by atoms with E-state index in [1.54, 1.807) is 0 Å². The van der Waals surface area contributed by atoms with Gasteiger partial charge in [-0.3, -0.25) is 19.4 Å². The first kappa shape index (κ1) is 14.4. The van der Waals surface area contributed by atoms with E-state index in [2.05, 4.69) is 15.9 Å². The summed E-state index contributed by atoms with van der Waals surface area (Å²) in [4.78, 5) is 29.1. The lowest BCUT2D eigenvalue weighted by Gasteiger charge is -2.37. The van der Waals surface area contributed by atoms with Crippen molar-refractivity contribution in [2.45, 2.75) is 12.8 Å². The van der Waals surface area contributed by atoms with Crippen molar-refractivity contribution in [2.24, 2.45) is 0 Å². The quantitative estimate of drug-likeness (QED) is 0.795. The molecular weight excluding hydrogens is 290 g/mol. The van der Waals surface area contributed by atoms with Gasteiger partial charge in [0.05, 0.1) is 6.67 Å². The molecule has 2 heterocycles. The summed E-state index contributed by atoms with van der Waals surface area (Å²) in [7, 11) is 0. The molecule has 1 aromatic carbocycles. The highest BCUT2D eigenvalue weighted by atomic mass is 35.5. The summed E-state index contributed by atoms with van der Waals surface area (Å²) in [6.07, 6.45) is 0.725. The normalized spacial score (nSPS) is 20.4. The number of amides is 2. The van der Waals surface area contributed by atoms with E-state index < -0.39 is 0 Å². The van der Waals surface area contributed by atoms with Crippen molar-refractivity contribution < 1.29 is 9.59 Å². The first-order valence-electron chi connectivity index (χ1n) is 7.19. The average Bonchev–Trinajstić information content (AvgIpc) is 2.80. The number of nitrogens with zero attached hydrogens (tertiary/aromatic N) is 3. The van der Waals surface area contributed by atoms with Crippen LogP contribution < -0.4 is 4.90 Å². The van der Waals surface area contributed by atoms with Gasteiger partial charge >= 0.3 is 0 Å². The third-order valence-electron chi connectivity index (χ3n) is 4.04. The average molecular weight is 308 g/mol. The van der Waals surface area contributed by atoms with E-state index in [4.69, 9.17) is 11.6 Å². The number of benzene rings is 1. The number of likely N-dealkylation sites (tertiary alicyclic amines) is 1. The summed E-state index contributed by atoms with van der Waals surface area (Å²) >= 11 is 6.02. The van der Waals surface area contributed by atoms with Crippen LogP contribution in [0.3, 0.4) is 0 Å². The Bertz CT molecular complexity index is 540. The second-order valence-corrected chi connectivity index (χ2v) is 5.88. The molecule has 0 saturated carbocycles. The molecule has 6 heteroatoms. The van der Waals surface area contributed by atoms with Crippen LogP contribution in [0.25, 0.3) is 0 Å². The van der Waals surface area contributed by atoms with E-state index in [0.29, 0.717) is 19.5 Å². The highest BCUT2D eigenvalue weighted by Gasteiger charge is 2.31. The molecule has 0 aromatic heterocycles. The Kier molecular flexibility index (Phi) is 4.12. The molecule has 1 aromatic rings. The number of rotatable bonds is 3. The molecule has 21 heavy (non-hydrogen) atoms. The number of anilines is 1. The molecule has 0 spiro atoms. The number of hydrogen-bond donors (Lipinski definition) is 0. The van der Waals surface area contributed by atoms with Crippen LogP contribution >= 0.6 is 11.6 Å². The van der Waals surface area contributed by atoms with Crippen LogP contribution in [0.1, 0.15) is 12.8 Å². The first-order chi connectivity index (χ1) is 10.1. The second kappa shape index (κ2) is 6.03. The van der Waals surface area contributed by atoms with Gasteiger partial charge in [0, 0.05) is 49.7 Å². The van der Waals surface area contributed by atoms with Gasteiger partial charge < -0.3 is 4.90 Å². The highest BCUT2D eigenvalue weighted by Crippen LogP contribution is 2.21. The second-order valence-electron chi connectivity index (χ2n) is 5.44. The molecule has 2 aliphatic heterocycles. The molecule has 2 amide bonds. The Labute approximate surface area is 129 Å². The number of hydrogen-bond acceptors (Lipinski definition) is 4. The van der Waals surface area contributed by atoms with Crippen LogP contribution in [0, 0.1) is 0 Å². The Balaban J connectivity index is 1.56. The SMILES string of the molecule is O=C1CCC(=O)N1CN1CCN(c2cccc(Cl)c2)CC1. The predicted molar refractivity (Wildman–Crippen MR) is 81.2 cm³/mol. The van der Waals surface area contributed by atoms with Crippen molar-refractivity contribution in [2.75, 3.05) is 37.7 Å². The van der Waals surface area contributed by atoms with Gasteiger partial charge in [0.1, 0.15) is 0 Å². The molecule has 5 nitrogen and oxygen atoms in total. The lowest BCUT2D eigenvalue weighted by atomic mass is 10.2. The minimum atomic E-state index is -0.0442. The number of halogens is 1. The van der Waals surface area contributed by atoms with Crippen LogP contribution in [0.15, 0.2) is 24.3 Å². The molecule has 2 fully saturated rings. The maximum atomic E-state index is 11.6. The molecule has 0 radical (unpaired) electrons. The number of carbonyl (C=O) groups excluding carboxylic acids is 2. The Hall–Kier alpha value is -1.59. The molecule has 0 N–H and O–H groups in total. The molecule has 2 aliphatic rings. The van der Waals surface area contributed by atoms with Crippen LogP contribution in [0.5, 0.6) is 0 Å². The van der Waals surface area contributed by atoms with Crippen molar-refractivity contribution >= 4 is 29.1 Å². The van der Waals surface area contributed by atoms with Crippen molar-refractivity contribution in [3.05, 3.63) is 29.3 Å². The summed E-state index contributed by atoms with van der Waals surface area (Å²) in [5.41, 5.74) is 1.12. The van der Waals surface area contributed by atoms with Crippen LogP contribution in [0.4, 0.5) is 5.69 Å². The van der Waals surface area contributed by atoms with E-state index in [9.17, 15) is 9.59 Å². The standard InChI is InChI=1S/C15H18ClN3O2/c16-12-2-1-3-13(10-12)18-8-6-17(7-9-18)11-19-14(20)4-5-15(19)21/h1-3,10H,4-9,11H2. The molecule has 0 bridgehead atoms. The van der Waals surface area contributed by atoms with Crippen LogP contribution in [-0.2, 0) is 9.59 Å². The fourth-order valence-electron chi connectivity index (χ4n) is 2.80. The fraction of sp³-hybridized carbons (Fsp3) is 0.467. The van der Waals surface area contributed by atoms with E-state index in [0.717, 1.165) is 36.9 Å². The maximum absolute atomic E-state index is 11.6. The Morgan fingerprint density at radius 1 is 1.00 bits per heavy atom. The summed E-state index contributed by atoms with van der Waals surface area (Å²) in [5, 5.41) is 0.739. The van der Waals surface area contributed by atoms with Gasteiger partial charge in [0.15, 0.2) is 0 Å². The molecule has 2 saturated heterocycles. The topological polar surface area (TPSA) is 43.9 Å². The highest BCUT2D eigenvalue weighted by molar-refractivity contribution is 6.30. The number of piperazine rings is 1. The van der Waals surface area contributed by atoms with Gasteiger partial charge in [-0.25, -0.2) is 0 Å². The van der Waals surface area contributed by atoms with Crippen molar-refractivity contribution in [1.82, 2.24) is 9.80 Å². The lowest BCUT2D eigenvalue weighted by Crippen LogP contribution is -2.51. The third kappa shape index (κ3) is 3.19. The van der Waals surface area contributed by atoms with Gasteiger partial charge in [-0.15, -0.1) is 0 Å². The van der Waals surface area contributed by atoms with Gasteiger partial charge in [0.25, 0.3) is 0 Å². The first-order valence-corrected chi connectivity index (χ1v) is 7.57. The van der Waals surface area contributed by atoms with Crippen molar-refractivity contribution in [3.8, 4) is 0 Å². The fourth-order valence-corrected chi connectivity index (χ4v) is 2.99. The van der Waals surface area contributed by atoms with E-state index >= 15 is 0 Å². The molecule has 0 unspecified atom stereocenters. The minimum Gasteiger partial charge on any atom is -0.369 e. The van der Waals surface area contributed by atoms with E-state index in [1.807, 2.05) is 18.2 Å².